The first-order valence-corrected chi connectivity index (χ1v) is 11.9. The summed E-state index contributed by atoms with van der Waals surface area (Å²) in [5.41, 5.74) is 2.46. The molecule has 2 aliphatic rings. The van der Waals surface area contributed by atoms with Gasteiger partial charge in [0.25, 0.3) is 0 Å². The summed E-state index contributed by atoms with van der Waals surface area (Å²) in [6, 6.07) is 10.7. The van der Waals surface area contributed by atoms with Crippen LogP contribution in [0.1, 0.15) is 25.0 Å². The lowest BCUT2D eigenvalue weighted by molar-refractivity contribution is -0.00804. The minimum atomic E-state index is 0.0437. The van der Waals surface area contributed by atoms with Crippen LogP contribution in [0.25, 0.3) is 0 Å². The normalized spacial score (nSPS) is 20.6. The van der Waals surface area contributed by atoms with E-state index in [1.165, 1.54) is 5.69 Å². The van der Waals surface area contributed by atoms with Gasteiger partial charge in [-0.15, -0.1) is 0 Å². The van der Waals surface area contributed by atoms with Crippen molar-refractivity contribution in [1.29, 1.82) is 0 Å². The maximum Gasteiger partial charge on any atom is 0.194 e. The number of para-hydroxylation sites is 1. The fourth-order valence-electron chi connectivity index (χ4n) is 4.42. The number of nitrogens with one attached hydrogen (secondary N) is 1. The second-order valence-electron chi connectivity index (χ2n) is 8.51. The van der Waals surface area contributed by atoms with Crippen molar-refractivity contribution in [2.75, 3.05) is 70.4 Å². The molecule has 8 heteroatoms. The van der Waals surface area contributed by atoms with Crippen LogP contribution in [0.2, 0.25) is 0 Å². The number of ether oxygens (including phenoxy) is 1. The molecule has 2 fully saturated rings. The Kier molecular flexibility index (Phi) is 8.01. The van der Waals surface area contributed by atoms with Gasteiger partial charge in [-0.1, -0.05) is 18.2 Å². The molecule has 2 saturated heterocycles. The molecule has 3 heterocycles. The van der Waals surface area contributed by atoms with Gasteiger partial charge < -0.3 is 19.9 Å². The van der Waals surface area contributed by atoms with Crippen LogP contribution < -0.4 is 10.2 Å². The van der Waals surface area contributed by atoms with E-state index in [0.717, 1.165) is 76.8 Å². The Balaban J connectivity index is 1.23. The molecule has 1 aromatic carbocycles. The molecule has 0 bridgehead atoms. The zero-order valence-electron chi connectivity index (χ0n) is 19.5. The Morgan fingerprint density at radius 3 is 2.69 bits per heavy atom. The molecular formula is C24H37N7O. The molecule has 1 aromatic heterocycles. The highest BCUT2D eigenvalue weighted by atomic mass is 16.5. The fraction of sp³-hybridized carbons (Fsp3) is 0.583. The number of nitrogens with zero attached hydrogens (tertiary/aromatic N) is 6. The Morgan fingerprint density at radius 2 is 1.97 bits per heavy atom. The molecule has 0 saturated carbocycles. The van der Waals surface area contributed by atoms with Crippen molar-refractivity contribution in [2.45, 2.75) is 19.4 Å². The second-order valence-corrected chi connectivity index (χ2v) is 8.51. The number of aliphatic imine (C=N–C) groups is 1. The van der Waals surface area contributed by atoms with E-state index in [2.05, 4.69) is 62.4 Å². The van der Waals surface area contributed by atoms with Crippen molar-refractivity contribution >= 4 is 11.6 Å². The highest BCUT2D eigenvalue weighted by Crippen LogP contribution is 2.21. The van der Waals surface area contributed by atoms with E-state index in [-0.39, 0.29) is 6.10 Å². The van der Waals surface area contributed by atoms with E-state index >= 15 is 0 Å². The van der Waals surface area contributed by atoms with Crippen molar-refractivity contribution in [1.82, 2.24) is 24.9 Å². The van der Waals surface area contributed by atoms with Gasteiger partial charge in [-0.05, 0) is 25.5 Å². The van der Waals surface area contributed by atoms with Crippen LogP contribution in [0.15, 0.2) is 47.7 Å². The lowest BCUT2D eigenvalue weighted by atomic mass is 10.1. The van der Waals surface area contributed by atoms with E-state index < -0.39 is 0 Å². The lowest BCUT2D eigenvalue weighted by Gasteiger charge is -2.36. The Hall–Kier alpha value is -2.58. The Bertz CT molecular complexity index is 845. The number of anilines is 1. The number of piperazine rings is 1. The van der Waals surface area contributed by atoms with Gasteiger partial charge in [0.05, 0.1) is 19.3 Å². The van der Waals surface area contributed by atoms with Gasteiger partial charge in [-0.3, -0.25) is 14.6 Å². The summed E-state index contributed by atoms with van der Waals surface area (Å²) in [6.07, 6.45) is 5.06. The van der Waals surface area contributed by atoms with E-state index in [9.17, 15) is 0 Å². The number of rotatable bonds is 7. The molecule has 0 aliphatic carbocycles. The molecular weight excluding hydrogens is 402 g/mol. The van der Waals surface area contributed by atoms with E-state index in [1.807, 2.05) is 24.1 Å². The molecule has 1 N–H and O–H groups in total. The van der Waals surface area contributed by atoms with Crippen molar-refractivity contribution in [3.63, 3.8) is 0 Å². The Morgan fingerprint density at radius 1 is 1.16 bits per heavy atom. The van der Waals surface area contributed by atoms with Gasteiger partial charge in [0.2, 0.25) is 0 Å². The average molecular weight is 440 g/mol. The van der Waals surface area contributed by atoms with Crippen LogP contribution in [0.4, 0.5) is 5.69 Å². The molecule has 2 aromatic rings. The summed E-state index contributed by atoms with van der Waals surface area (Å²) >= 11 is 0. The van der Waals surface area contributed by atoms with Crippen LogP contribution in [0, 0.1) is 0 Å². The number of hydrogen-bond acceptors (Lipinski definition) is 5. The maximum atomic E-state index is 5.99. The number of aromatic nitrogens is 2. The van der Waals surface area contributed by atoms with Crippen LogP contribution in [-0.4, -0.2) is 91.0 Å². The summed E-state index contributed by atoms with van der Waals surface area (Å²) in [6.45, 7) is 11.8. The first-order valence-electron chi connectivity index (χ1n) is 11.9. The number of benzene rings is 1. The standard InChI is InChI=1S/C24H37N7O/c1-3-25-24(31-16-17-32-23(20-31)21-18-27-28(2)19-21)26-10-7-11-29-12-14-30(15-13-29)22-8-5-4-6-9-22/h4-6,8-9,18-19,23H,3,7,10-17,20H2,1-2H3,(H,25,26). The molecule has 1 atom stereocenters. The average Bonchev–Trinajstić information content (AvgIpc) is 3.28. The van der Waals surface area contributed by atoms with Crippen molar-refractivity contribution in [3.8, 4) is 0 Å². The third kappa shape index (κ3) is 6.01. The van der Waals surface area contributed by atoms with Gasteiger partial charge in [0.15, 0.2) is 5.96 Å². The summed E-state index contributed by atoms with van der Waals surface area (Å²) in [5, 5.41) is 7.76. The number of guanidine groups is 1. The van der Waals surface area contributed by atoms with Gasteiger partial charge >= 0.3 is 0 Å². The molecule has 32 heavy (non-hydrogen) atoms. The lowest BCUT2D eigenvalue weighted by Crippen LogP contribution is -2.48. The van der Waals surface area contributed by atoms with Crippen molar-refractivity contribution in [2.24, 2.45) is 12.0 Å². The van der Waals surface area contributed by atoms with Crippen LogP contribution in [-0.2, 0) is 11.8 Å². The van der Waals surface area contributed by atoms with Crippen LogP contribution in [0.5, 0.6) is 0 Å². The molecule has 0 spiro atoms. The zero-order chi connectivity index (χ0) is 22.2. The number of hydrogen-bond donors (Lipinski definition) is 1. The van der Waals surface area contributed by atoms with Crippen molar-refractivity contribution in [3.05, 3.63) is 48.3 Å². The molecule has 4 rings (SSSR count). The number of morpholine rings is 1. The molecule has 1 unspecified atom stereocenters. The quantitative estimate of drug-likeness (QED) is 0.404. The predicted octanol–water partition coefficient (Wildman–Crippen LogP) is 1.97. The van der Waals surface area contributed by atoms with Gasteiger partial charge in [-0.2, -0.15) is 5.10 Å². The monoisotopic (exact) mass is 439 g/mol. The molecule has 174 valence electrons. The smallest absolute Gasteiger partial charge is 0.194 e. The fourth-order valence-corrected chi connectivity index (χ4v) is 4.42. The van der Waals surface area contributed by atoms with Crippen LogP contribution in [0.3, 0.4) is 0 Å². The first-order chi connectivity index (χ1) is 15.7. The third-order valence-electron chi connectivity index (χ3n) is 6.19. The minimum absolute atomic E-state index is 0.0437. The highest BCUT2D eigenvalue weighted by molar-refractivity contribution is 5.80. The Labute approximate surface area is 191 Å². The summed E-state index contributed by atoms with van der Waals surface area (Å²) in [4.78, 5) is 12.3. The van der Waals surface area contributed by atoms with Gasteiger partial charge in [0.1, 0.15) is 6.10 Å². The highest BCUT2D eigenvalue weighted by Gasteiger charge is 2.25. The molecule has 0 amide bonds. The molecule has 2 aliphatic heterocycles. The van der Waals surface area contributed by atoms with Gasteiger partial charge in [-0.25, -0.2) is 0 Å². The van der Waals surface area contributed by atoms with E-state index in [0.29, 0.717) is 6.61 Å². The van der Waals surface area contributed by atoms with E-state index in [4.69, 9.17) is 9.73 Å². The largest absolute Gasteiger partial charge is 0.370 e. The summed E-state index contributed by atoms with van der Waals surface area (Å²) in [5.74, 6) is 0.999. The summed E-state index contributed by atoms with van der Waals surface area (Å²) < 4.78 is 7.82. The maximum absolute atomic E-state index is 5.99. The summed E-state index contributed by atoms with van der Waals surface area (Å²) in [7, 11) is 1.94. The molecule has 8 nitrogen and oxygen atoms in total. The third-order valence-corrected chi connectivity index (χ3v) is 6.19. The predicted molar refractivity (Wildman–Crippen MR) is 129 cm³/mol. The van der Waals surface area contributed by atoms with Crippen molar-refractivity contribution < 1.29 is 4.74 Å². The van der Waals surface area contributed by atoms with Crippen LogP contribution >= 0.6 is 0 Å². The molecule has 0 radical (unpaired) electrons. The van der Waals surface area contributed by atoms with Gasteiger partial charge in [0, 0.05) is 76.9 Å². The SMILES string of the molecule is CCNC(=NCCCN1CCN(c2ccccc2)CC1)N1CCOC(c2cnn(C)c2)C1. The first kappa shape index (κ1) is 22.6. The van der Waals surface area contributed by atoms with E-state index in [1.54, 1.807) is 0 Å². The minimum Gasteiger partial charge on any atom is -0.370 e. The topological polar surface area (TPSA) is 61.2 Å². The second kappa shape index (κ2) is 11.3. The number of aryl methyl sites for hydroxylation is 1. The zero-order valence-corrected chi connectivity index (χ0v) is 19.5.